The Morgan fingerprint density at radius 1 is 0.857 bits per heavy atom. The van der Waals surface area contributed by atoms with Gasteiger partial charge in [-0.05, 0) is 19.8 Å². The highest BCUT2D eigenvalue weighted by Gasteiger charge is 2.60. The molecule has 0 aliphatic carbocycles. The van der Waals surface area contributed by atoms with Crippen LogP contribution in [-0.2, 0) is 61.9 Å². The van der Waals surface area contributed by atoms with Crippen molar-refractivity contribution in [1.82, 2.24) is 15.5 Å². The van der Waals surface area contributed by atoms with Crippen LogP contribution in [0.4, 0.5) is 0 Å². The molecule has 0 radical (unpaired) electrons. The number of hydrogen-bond donors (Lipinski definition) is 13. The van der Waals surface area contributed by atoms with E-state index in [0.717, 1.165) is 25.7 Å². The zero-order valence-corrected chi connectivity index (χ0v) is 34.6. The molecule has 2 unspecified atom stereocenters. The average molecular weight is 915 g/mol. The highest BCUT2D eigenvalue weighted by Crippen LogP contribution is 2.38. The zero-order chi connectivity index (χ0) is 47.2. The normalized spacial score (nSPS) is 37.8. The van der Waals surface area contributed by atoms with Gasteiger partial charge in [0.1, 0.15) is 85.8 Å². The fraction of sp³-hybridized carbons (Fsp3) is 0.833. The fourth-order valence-corrected chi connectivity index (χ4v) is 7.84. The Balaban J connectivity index is 1.54. The van der Waals surface area contributed by atoms with Crippen molar-refractivity contribution >= 4 is 35.6 Å². The van der Waals surface area contributed by atoms with E-state index in [1.807, 2.05) is 0 Å². The molecule has 0 bridgehead atoms. The van der Waals surface area contributed by atoms with Gasteiger partial charge in [0.2, 0.25) is 17.7 Å². The van der Waals surface area contributed by atoms with E-state index in [4.69, 9.17) is 38.9 Å². The number of nitrogens with two attached hydrogens (primary N) is 1. The van der Waals surface area contributed by atoms with E-state index in [1.165, 1.54) is 6.92 Å². The zero-order valence-electron chi connectivity index (χ0n) is 34.6. The van der Waals surface area contributed by atoms with Crippen LogP contribution in [0.3, 0.4) is 0 Å². The number of aliphatic hydroxyl groups excluding tert-OH is 8. The molecular weight excluding hydrogens is 856 g/mol. The minimum atomic E-state index is -3.08. The predicted molar refractivity (Wildman–Crippen MR) is 200 cm³/mol. The standard InChI is InChI=1S/C36H58N4O23/c1-12(21(37)31(52)40-7-5-6-16(40)32(53)54)58-33-23(39-14(3)44)25(49)28(19(9-41)59-33)61-34-27(51)26(50)29(20(10-42)60-34)62-36(35(55)56)8-17(46)22(38-13(2)43)30(63-36)24(48)18(47)11-57-15(4)45/h12,16-30,33-34,41-42,46-51H,5-11,37H2,1-4H3,(H,38,43)(H,39,44)(H,53,54)(H,55,56)/t12-,16+,17+,18-,19-,20-,21+,22-,23-,24-,25-,26-,27-,28+,29+,30-,33?,34?,36-/m1/s1. The summed E-state index contributed by atoms with van der Waals surface area (Å²) in [4.78, 5) is 74.4. The van der Waals surface area contributed by atoms with E-state index in [-0.39, 0.29) is 13.0 Å². The number of esters is 1. The van der Waals surface area contributed by atoms with Gasteiger partial charge in [-0.2, -0.15) is 0 Å². The topological polar surface area (TPSA) is 423 Å². The van der Waals surface area contributed by atoms with Crippen molar-refractivity contribution in [2.75, 3.05) is 26.4 Å². The lowest BCUT2D eigenvalue weighted by molar-refractivity contribution is -0.382. The first-order valence-corrected chi connectivity index (χ1v) is 20.0. The Morgan fingerprint density at radius 3 is 2.00 bits per heavy atom. The van der Waals surface area contributed by atoms with Crippen LogP contribution in [0.1, 0.15) is 47.0 Å². The van der Waals surface area contributed by atoms with Crippen LogP contribution in [0.25, 0.3) is 0 Å². The third-order valence-corrected chi connectivity index (χ3v) is 11.1. The maximum Gasteiger partial charge on any atom is 0.364 e. The maximum absolute atomic E-state index is 13.2. The minimum Gasteiger partial charge on any atom is -0.480 e. The summed E-state index contributed by atoms with van der Waals surface area (Å²) in [6.45, 7) is 1.67. The van der Waals surface area contributed by atoms with Crippen LogP contribution in [-0.4, -0.2) is 234 Å². The third-order valence-electron chi connectivity index (χ3n) is 11.1. The number of nitrogens with one attached hydrogen (secondary N) is 2. The smallest absolute Gasteiger partial charge is 0.364 e. The molecule has 0 saturated carbocycles. The number of aliphatic hydroxyl groups is 8. The number of rotatable bonds is 18. The Bertz CT molecular complexity index is 1630. The van der Waals surface area contributed by atoms with Gasteiger partial charge < -0.3 is 105 Å². The molecule has 0 aromatic heterocycles. The molecule has 0 spiro atoms. The summed E-state index contributed by atoms with van der Waals surface area (Å²) >= 11 is 0. The van der Waals surface area contributed by atoms with E-state index in [9.17, 15) is 79.8 Å². The van der Waals surface area contributed by atoms with Crippen LogP contribution in [0.15, 0.2) is 0 Å². The molecule has 4 heterocycles. The number of hydrogen-bond acceptors (Lipinski definition) is 22. The van der Waals surface area contributed by atoms with Crippen molar-refractivity contribution in [2.45, 2.75) is 163 Å². The number of aliphatic carboxylic acids is 2. The average Bonchev–Trinajstić information content (AvgIpc) is 3.72. The molecule has 27 heteroatoms. The lowest BCUT2D eigenvalue weighted by atomic mass is 9.88. The second-order valence-electron chi connectivity index (χ2n) is 15.7. The number of amides is 3. The van der Waals surface area contributed by atoms with Crippen LogP contribution >= 0.6 is 0 Å². The first-order chi connectivity index (χ1) is 29.5. The first kappa shape index (κ1) is 51.9. The Hall–Kier alpha value is -3.78. The molecule has 14 N–H and O–H groups in total. The highest BCUT2D eigenvalue weighted by atomic mass is 16.8. The summed E-state index contributed by atoms with van der Waals surface area (Å²) in [5.41, 5.74) is 6.16. The summed E-state index contributed by atoms with van der Waals surface area (Å²) in [6, 6.07) is -5.74. The Labute approximate surface area is 358 Å². The number of carboxylic acids is 2. The molecule has 19 atom stereocenters. The highest BCUT2D eigenvalue weighted by molar-refractivity contribution is 5.87. The molecule has 4 fully saturated rings. The summed E-state index contributed by atoms with van der Waals surface area (Å²) < 4.78 is 39.2. The van der Waals surface area contributed by atoms with Crippen molar-refractivity contribution in [2.24, 2.45) is 5.73 Å². The molecular formula is C36H58N4O23. The van der Waals surface area contributed by atoms with Crippen molar-refractivity contribution in [3.63, 3.8) is 0 Å². The quantitative estimate of drug-likeness (QED) is 0.0568. The summed E-state index contributed by atoms with van der Waals surface area (Å²) in [6.07, 6.45) is -27.1. The molecule has 4 aliphatic heterocycles. The van der Waals surface area contributed by atoms with Gasteiger partial charge >= 0.3 is 17.9 Å². The van der Waals surface area contributed by atoms with Gasteiger partial charge in [0.15, 0.2) is 12.6 Å². The van der Waals surface area contributed by atoms with Gasteiger partial charge in [-0.25, -0.2) is 9.59 Å². The molecule has 4 saturated heterocycles. The van der Waals surface area contributed by atoms with E-state index in [1.54, 1.807) is 0 Å². The largest absolute Gasteiger partial charge is 0.480 e. The summed E-state index contributed by atoms with van der Waals surface area (Å²) in [5, 5.41) is 112. The van der Waals surface area contributed by atoms with Crippen molar-refractivity contribution in [3.05, 3.63) is 0 Å². The van der Waals surface area contributed by atoms with E-state index in [0.29, 0.717) is 6.42 Å². The van der Waals surface area contributed by atoms with Crippen molar-refractivity contribution in [3.8, 4) is 0 Å². The molecule has 4 aliphatic rings. The molecule has 3 amide bonds. The number of ether oxygens (including phenoxy) is 7. The number of nitrogens with zero attached hydrogens (tertiary/aromatic N) is 1. The molecule has 4 rings (SSSR count). The second kappa shape index (κ2) is 21.9. The third kappa shape index (κ3) is 11.9. The predicted octanol–water partition coefficient (Wildman–Crippen LogP) is -7.69. The van der Waals surface area contributed by atoms with Crippen molar-refractivity contribution < 1.29 is 113 Å². The molecule has 63 heavy (non-hydrogen) atoms. The van der Waals surface area contributed by atoms with E-state index < -0.39 is 178 Å². The van der Waals surface area contributed by atoms with Crippen molar-refractivity contribution in [1.29, 1.82) is 0 Å². The second-order valence-corrected chi connectivity index (χ2v) is 15.7. The lowest BCUT2D eigenvalue weighted by Crippen LogP contribution is -2.71. The van der Waals surface area contributed by atoms with Gasteiger partial charge in [-0.3, -0.25) is 19.2 Å². The molecule has 0 aromatic carbocycles. The van der Waals surface area contributed by atoms with Crippen LogP contribution in [0.5, 0.6) is 0 Å². The Kier molecular flexibility index (Phi) is 18.1. The molecule has 360 valence electrons. The Morgan fingerprint density at radius 2 is 1.44 bits per heavy atom. The molecule has 0 aromatic rings. The van der Waals surface area contributed by atoms with Gasteiger partial charge in [0, 0.05) is 33.7 Å². The van der Waals surface area contributed by atoms with Crippen LogP contribution < -0.4 is 16.4 Å². The SMILES string of the molecule is CC(=O)N[C@H]1[C@H]([C@H](O)[C@H](O)COC(C)=O)O[C@@](O[C@@H]2[C@H](O)[C@@H](O)C(O[C@@H]3[C@H](O)[C@@H](NC(C)=O)C(O[C@H](C)[C@H](N)C(=O)N4CCC[C@H]4C(=O)O)O[C@@H]3CO)O[C@@H]2CO)(C(=O)O)C[C@@H]1O. The van der Waals surface area contributed by atoms with Crippen LogP contribution in [0, 0.1) is 0 Å². The first-order valence-electron chi connectivity index (χ1n) is 20.0. The molecule has 27 nitrogen and oxygen atoms in total. The summed E-state index contributed by atoms with van der Waals surface area (Å²) in [7, 11) is 0. The van der Waals surface area contributed by atoms with Gasteiger partial charge in [0.25, 0.3) is 5.79 Å². The van der Waals surface area contributed by atoms with E-state index in [2.05, 4.69) is 10.6 Å². The number of carbonyl (C=O) groups is 6. The number of carbonyl (C=O) groups excluding carboxylic acids is 4. The number of carboxylic acid groups (broad SMARTS) is 2. The van der Waals surface area contributed by atoms with Gasteiger partial charge in [0.05, 0.1) is 31.5 Å². The van der Waals surface area contributed by atoms with Gasteiger partial charge in [-0.15, -0.1) is 0 Å². The van der Waals surface area contributed by atoms with Gasteiger partial charge in [-0.1, -0.05) is 0 Å². The minimum absolute atomic E-state index is 0.121. The lowest BCUT2D eigenvalue weighted by Gasteiger charge is -2.51. The summed E-state index contributed by atoms with van der Waals surface area (Å²) in [5.74, 6) is -9.45. The van der Waals surface area contributed by atoms with Crippen LogP contribution in [0.2, 0.25) is 0 Å². The number of likely N-dealkylation sites (tertiary alicyclic amines) is 1. The monoisotopic (exact) mass is 914 g/mol. The maximum atomic E-state index is 13.2. The fourth-order valence-electron chi connectivity index (χ4n) is 7.84. The van der Waals surface area contributed by atoms with E-state index >= 15 is 0 Å².